The van der Waals surface area contributed by atoms with Crippen molar-refractivity contribution in [3.05, 3.63) is 228 Å². The van der Waals surface area contributed by atoms with E-state index in [0.717, 1.165) is 85.2 Å². The number of benzene rings is 9. The van der Waals surface area contributed by atoms with E-state index in [1.54, 1.807) is 0 Å². The summed E-state index contributed by atoms with van der Waals surface area (Å²) in [6, 6.07) is 72.7. The fourth-order valence-corrected chi connectivity index (χ4v) is 14.1. The molecule has 5 heterocycles. The van der Waals surface area contributed by atoms with Gasteiger partial charge in [0.25, 0.3) is 6.33 Å². The van der Waals surface area contributed by atoms with Crippen LogP contribution >= 0.6 is 0 Å². The predicted molar refractivity (Wildman–Crippen MR) is 356 cm³/mol. The third kappa shape index (κ3) is 9.06. The van der Waals surface area contributed by atoms with Gasteiger partial charge in [-0.3, -0.25) is 4.57 Å². The zero-order chi connectivity index (χ0) is 59.6. The molecule has 1 aliphatic carbocycles. The number of aromatic nitrogens is 5. The van der Waals surface area contributed by atoms with Gasteiger partial charge >= 0.3 is 0 Å². The maximum absolute atomic E-state index is 6.97. The minimum atomic E-state index is -0.283. The number of imidazole rings is 1. The summed E-state index contributed by atoms with van der Waals surface area (Å²) in [5, 5.41) is 4.64. The molecule has 13 aromatic rings. The van der Waals surface area contributed by atoms with Crippen molar-refractivity contribution in [2.45, 2.75) is 130 Å². The molecule has 0 unspecified atom stereocenters. The molecule has 87 heavy (non-hydrogen) atoms. The second-order valence-corrected chi connectivity index (χ2v) is 28.8. The Balaban J connectivity index is 0.00000667. The van der Waals surface area contributed by atoms with Crippen molar-refractivity contribution in [2.24, 2.45) is 0 Å². The smallest absolute Gasteiger partial charge is 0.268 e. The first-order valence-electron chi connectivity index (χ1n) is 30.7. The quantitative estimate of drug-likeness (QED) is 0.127. The van der Waals surface area contributed by atoms with E-state index in [4.69, 9.17) is 9.72 Å². The largest absolute Gasteiger partial charge is 0.510 e. The molecule has 9 aromatic carbocycles. The SMILES string of the molecule is CC(C)(C)c1ccnc(-n2c3[c-]c(Oc4[c-]c(-n5[c-][n+]6c7c(cc(-n8c9ccccc9c9ccccc98)cc75)-c5ccccc5-c5cc7c(cc5-c5cc(C(C)(C)C)cc(C(C)(C)C)c5-6)C(C)(C)CCC7(C)C)ccc4)ccc3c3ccccc32)c1.[Pt]. The Morgan fingerprint density at radius 2 is 1.03 bits per heavy atom. The van der Waals surface area contributed by atoms with Crippen molar-refractivity contribution in [1.29, 1.82) is 0 Å². The number of nitrogens with zero attached hydrogens (tertiary/aromatic N) is 5. The van der Waals surface area contributed by atoms with Crippen LogP contribution < -0.4 is 9.30 Å². The van der Waals surface area contributed by atoms with E-state index in [0.29, 0.717) is 11.5 Å². The number of pyridine rings is 1. The van der Waals surface area contributed by atoms with Crippen LogP contribution in [-0.2, 0) is 48.1 Å². The Hall–Kier alpha value is -8.31. The van der Waals surface area contributed by atoms with Crippen molar-refractivity contribution in [3.8, 4) is 67.8 Å². The van der Waals surface area contributed by atoms with Crippen LogP contribution in [0.3, 0.4) is 0 Å². The number of fused-ring (bicyclic) bond motifs is 14. The first-order valence-corrected chi connectivity index (χ1v) is 30.7. The molecule has 2 aliphatic rings. The normalized spacial score (nSPS) is 14.5. The minimum absolute atomic E-state index is 0. The van der Waals surface area contributed by atoms with Crippen LogP contribution in [0.15, 0.2) is 182 Å². The summed E-state index contributed by atoms with van der Waals surface area (Å²) in [5.74, 6) is 1.99. The monoisotopic (exact) mass is 1310 g/mol. The fraction of sp³-hybridized carbons (Fsp3) is 0.250. The summed E-state index contributed by atoms with van der Waals surface area (Å²) in [4.78, 5) is 4.95. The summed E-state index contributed by atoms with van der Waals surface area (Å²) < 4.78 is 16.3. The van der Waals surface area contributed by atoms with Gasteiger partial charge in [0, 0.05) is 60.7 Å². The number of hydrogen-bond acceptors (Lipinski definition) is 2. The summed E-state index contributed by atoms with van der Waals surface area (Å²) in [6.07, 6.45) is 8.32. The van der Waals surface area contributed by atoms with E-state index in [2.05, 4.69) is 291 Å². The van der Waals surface area contributed by atoms with Gasteiger partial charge < -0.3 is 18.4 Å². The standard InChI is InChI=1S/C80H73N5O.Pt/c1-76(2,3)49-35-38-81-73(41-49)85-70-32-21-18-29-59(70)60-34-33-54(45-71(60)85)86-53-24-22-23-51(42-53)82-48-83-74-63(39-50(77(4,5)6)40-67(74)78(7,8)9)62-47-66-65(79(10,11)36-37-80(66,12)13)46-61(62)55-25-14-15-26-56(55)64-43-52(44-72(82)75(64)83)84-68-30-19-16-27-57(68)58-28-17-20-31-69(58)84;/h14-35,38-41,43-44,46-47H,36-37H2,1-13H3;/q-2;. The van der Waals surface area contributed by atoms with Gasteiger partial charge in [0.05, 0.1) is 27.8 Å². The van der Waals surface area contributed by atoms with E-state index in [1.165, 1.54) is 66.4 Å². The van der Waals surface area contributed by atoms with Gasteiger partial charge in [-0.2, -0.15) is 18.2 Å². The van der Waals surface area contributed by atoms with Gasteiger partial charge in [-0.05, 0) is 161 Å². The molecule has 0 bridgehead atoms. The van der Waals surface area contributed by atoms with Crippen molar-refractivity contribution < 1.29 is 30.4 Å². The van der Waals surface area contributed by atoms with Gasteiger partial charge in [0.2, 0.25) is 0 Å². The molecule has 0 N–H and O–H groups in total. The second-order valence-electron chi connectivity index (χ2n) is 28.8. The van der Waals surface area contributed by atoms with E-state index in [9.17, 15) is 0 Å². The molecule has 0 saturated carbocycles. The Labute approximate surface area is 526 Å². The predicted octanol–water partition coefficient (Wildman–Crippen LogP) is 20.2. The summed E-state index contributed by atoms with van der Waals surface area (Å²) in [5.41, 5.74) is 22.6. The van der Waals surface area contributed by atoms with Crippen molar-refractivity contribution in [2.75, 3.05) is 0 Å². The molecule has 0 fully saturated rings. The Bertz CT molecular complexity index is 4930. The molecule has 4 aromatic heterocycles. The average molecular weight is 1320 g/mol. The van der Waals surface area contributed by atoms with E-state index < -0.39 is 0 Å². The zero-order valence-electron chi connectivity index (χ0n) is 52.2. The van der Waals surface area contributed by atoms with Crippen LogP contribution in [0.5, 0.6) is 11.5 Å². The number of hydrogen-bond donors (Lipinski definition) is 0. The molecule has 0 saturated heterocycles. The molecule has 0 amide bonds. The molecule has 7 heteroatoms. The van der Waals surface area contributed by atoms with Crippen LogP contribution in [0.2, 0.25) is 0 Å². The van der Waals surface area contributed by atoms with Crippen LogP contribution in [0, 0.1) is 18.5 Å². The molecular weight excluding hydrogens is 1240 g/mol. The van der Waals surface area contributed by atoms with Gasteiger partial charge in [0.15, 0.2) is 0 Å². The van der Waals surface area contributed by atoms with Crippen LogP contribution in [0.1, 0.15) is 131 Å². The van der Waals surface area contributed by atoms with Crippen LogP contribution in [0.4, 0.5) is 0 Å². The van der Waals surface area contributed by atoms with Crippen LogP contribution in [-0.4, -0.2) is 18.7 Å². The Kier molecular flexibility index (Phi) is 12.9. The fourth-order valence-electron chi connectivity index (χ4n) is 14.1. The minimum Gasteiger partial charge on any atom is -0.510 e. The maximum Gasteiger partial charge on any atom is 0.268 e. The first-order chi connectivity index (χ1) is 41.0. The first kappa shape index (κ1) is 56.5. The molecule has 0 atom stereocenters. The third-order valence-corrected chi connectivity index (χ3v) is 19.0. The molecule has 1 aliphatic heterocycles. The number of rotatable bonds is 5. The van der Waals surface area contributed by atoms with Crippen LogP contribution in [0.25, 0.3) is 111 Å². The molecule has 0 radical (unpaired) electrons. The van der Waals surface area contributed by atoms with E-state index >= 15 is 0 Å². The van der Waals surface area contributed by atoms with Crippen molar-refractivity contribution in [3.63, 3.8) is 0 Å². The Morgan fingerprint density at radius 3 is 1.66 bits per heavy atom. The topological polar surface area (TPSA) is 40.8 Å². The molecule has 436 valence electrons. The van der Waals surface area contributed by atoms with Crippen molar-refractivity contribution in [1.82, 2.24) is 18.7 Å². The summed E-state index contributed by atoms with van der Waals surface area (Å²) in [7, 11) is 0. The zero-order valence-corrected chi connectivity index (χ0v) is 54.5. The third-order valence-electron chi connectivity index (χ3n) is 19.0. The van der Waals surface area contributed by atoms with E-state index in [-0.39, 0.29) is 48.1 Å². The van der Waals surface area contributed by atoms with Gasteiger partial charge in [-0.25, -0.2) is 4.98 Å². The van der Waals surface area contributed by atoms with Gasteiger partial charge in [0.1, 0.15) is 5.82 Å². The van der Waals surface area contributed by atoms with Crippen molar-refractivity contribution >= 4 is 54.6 Å². The summed E-state index contributed by atoms with van der Waals surface area (Å²) in [6.45, 7) is 30.7. The second kappa shape index (κ2) is 19.9. The molecule has 6 nitrogen and oxygen atoms in total. The van der Waals surface area contributed by atoms with Gasteiger partial charge in [-0.15, -0.1) is 29.7 Å². The maximum atomic E-state index is 6.97. The number of para-hydroxylation sites is 3. The Morgan fingerprint density at radius 1 is 0.471 bits per heavy atom. The molecule has 15 rings (SSSR count). The summed E-state index contributed by atoms with van der Waals surface area (Å²) >= 11 is 0. The average Bonchev–Trinajstić information content (AvgIpc) is 1.66. The molecular formula is C80H73N5OPt-2. The van der Waals surface area contributed by atoms with E-state index in [1.807, 2.05) is 18.3 Å². The van der Waals surface area contributed by atoms with Gasteiger partial charge in [-0.1, -0.05) is 193 Å². The molecule has 0 spiro atoms. The number of ether oxygens (including phenoxy) is 1.